The highest BCUT2D eigenvalue weighted by Gasteiger charge is 2.16. The molecule has 2 N–H and O–H groups in total. The number of carbonyl (C=O) groups is 2. The minimum absolute atomic E-state index is 0.0364. The first-order valence-electron chi connectivity index (χ1n) is 7.96. The number of amides is 1. The van der Waals surface area contributed by atoms with Crippen LogP contribution in [0.5, 0.6) is 5.75 Å². The number of methoxy groups -OCH3 is 1. The largest absolute Gasteiger partial charge is 0.497 e. The SMILES string of the molecule is CNS(=O)(=O)c1cccc(C(=O)OCC(=O)NCc2ccc(OC)cc2)c1. The van der Waals surface area contributed by atoms with Crippen LogP contribution in [0.1, 0.15) is 15.9 Å². The summed E-state index contributed by atoms with van der Waals surface area (Å²) in [6.07, 6.45) is 0. The van der Waals surface area contributed by atoms with Crippen LogP contribution < -0.4 is 14.8 Å². The van der Waals surface area contributed by atoms with Gasteiger partial charge in [-0.1, -0.05) is 18.2 Å². The highest BCUT2D eigenvalue weighted by Crippen LogP contribution is 2.12. The van der Waals surface area contributed by atoms with Gasteiger partial charge >= 0.3 is 5.97 Å². The van der Waals surface area contributed by atoms with E-state index in [9.17, 15) is 18.0 Å². The van der Waals surface area contributed by atoms with E-state index in [1.54, 1.807) is 31.4 Å². The van der Waals surface area contributed by atoms with Crippen molar-refractivity contribution < 1.29 is 27.5 Å². The molecule has 0 atom stereocenters. The molecule has 2 rings (SSSR count). The zero-order valence-corrected chi connectivity index (χ0v) is 15.7. The first kappa shape index (κ1) is 20.4. The Bertz CT molecular complexity index is 910. The number of sulfonamides is 1. The summed E-state index contributed by atoms with van der Waals surface area (Å²) >= 11 is 0. The zero-order chi connectivity index (χ0) is 19.9. The summed E-state index contributed by atoms with van der Waals surface area (Å²) in [4.78, 5) is 23.8. The number of benzene rings is 2. The van der Waals surface area contributed by atoms with E-state index in [0.29, 0.717) is 5.75 Å². The van der Waals surface area contributed by atoms with Crippen molar-refractivity contribution >= 4 is 21.9 Å². The van der Waals surface area contributed by atoms with Gasteiger partial charge < -0.3 is 14.8 Å². The van der Waals surface area contributed by atoms with Gasteiger partial charge in [0.2, 0.25) is 10.0 Å². The van der Waals surface area contributed by atoms with Gasteiger partial charge in [-0.15, -0.1) is 0 Å². The molecular formula is C18H20N2O6S. The third-order valence-corrected chi connectivity index (χ3v) is 5.04. The lowest BCUT2D eigenvalue weighted by Crippen LogP contribution is -2.28. The Morgan fingerprint density at radius 1 is 1.07 bits per heavy atom. The van der Waals surface area contributed by atoms with Crippen LogP contribution in [0.2, 0.25) is 0 Å². The van der Waals surface area contributed by atoms with Gasteiger partial charge in [0.1, 0.15) is 5.75 Å². The van der Waals surface area contributed by atoms with Crippen LogP contribution in [0.4, 0.5) is 0 Å². The Hall–Kier alpha value is -2.91. The maximum atomic E-state index is 12.0. The second-order valence-corrected chi connectivity index (χ2v) is 7.32. The van der Waals surface area contributed by atoms with E-state index in [4.69, 9.17) is 9.47 Å². The molecule has 2 aromatic rings. The van der Waals surface area contributed by atoms with Crippen molar-refractivity contribution in [3.8, 4) is 5.75 Å². The van der Waals surface area contributed by atoms with Crippen molar-refractivity contribution in [2.24, 2.45) is 0 Å². The van der Waals surface area contributed by atoms with E-state index in [1.165, 1.54) is 31.3 Å². The number of rotatable bonds is 8. The van der Waals surface area contributed by atoms with Gasteiger partial charge in [0.05, 0.1) is 17.6 Å². The van der Waals surface area contributed by atoms with Crippen LogP contribution in [-0.2, 0) is 26.1 Å². The molecule has 0 aliphatic rings. The summed E-state index contributed by atoms with van der Waals surface area (Å²) in [6.45, 7) is -0.200. The summed E-state index contributed by atoms with van der Waals surface area (Å²) in [5.41, 5.74) is 0.898. The summed E-state index contributed by atoms with van der Waals surface area (Å²) in [6, 6.07) is 12.5. The quantitative estimate of drug-likeness (QED) is 0.651. The van der Waals surface area contributed by atoms with Gasteiger partial charge in [0.15, 0.2) is 6.61 Å². The molecule has 0 spiro atoms. The van der Waals surface area contributed by atoms with Crippen molar-refractivity contribution in [2.45, 2.75) is 11.4 Å². The van der Waals surface area contributed by atoms with E-state index >= 15 is 0 Å². The molecule has 2 aromatic carbocycles. The lowest BCUT2D eigenvalue weighted by molar-refractivity contribution is -0.124. The lowest BCUT2D eigenvalue weighted by Gasteiger charge is -2.08. The highest BCUT2D eigenvalue weighted by atomic mass is 32.2. The van der Waals surface area contributed by atoms with Crippen molar-refractivity contribution in [3.05, 3.63) is 59.7 Å². The molecule has 0 saturated heterocycles. The van der Waals surface area contributed by atoms with Crippen LogP contribution in [-0.4, -0.2) is 41.1 Å². The number of nitrogens with one attached hydrogen (secondary N) is 2. The Balaban J connectivity index is 1.87. The molecule has 27 heavy (non-hydrogen) atoms. The Morgan fingerprint density at radius 2 is 1.78 bits per heavy atom. The van der Waals surface area contributed by atoms with Gasteiger partial charge in [0.25, 0.3) is 5.91 Å². The van der Waals surface area contributed by atoms with Crippen LogP contribution in [0, 0.1) is 0 Å². The van der Waals surface area contributed by atoms with Gasteiger partial charge in [-0.2, -0.15) is 0 Å². The monoisotopic (exact) mass is 392 g/mol. The molecular weight excluding hydrogens is 372 g/mol. The van der Waals surface area contributed by atoms with E-state index in [1.807, 2.05) is 0 Å². The maximum Gasteiger partial charge on any atom is 0.338 e. The molecule has 8 nitrogen and oxygen atoms in total. The summed E-state index contributed by atoms with van der Waals surface area (Å²) in [5, 5.41) is 2.63. The lowest BCUT2D eigenvalue weighted by atomic mass is 10.2. The molecule has 0 saturated carbocycles. The Labute approximate surface area is 157 Å². The van der Waals surface area contributed by atoms with Crippen LogP contribution in [0.15, 0.2) is 53.4 Å². The molecule has 0 aliphatic heterocycles. The minimum atomic E-state index is -3.68. The molecule has 0 bridgehead atoms. The van der Waals surface area contributed by atoms with Crippen molar-refractivity contribution in [1.82, 2.24) is 10.0 Å². The van der Waals surface area contributed by atoms with Crippen LogP contribution in [0.3, 0.4) is 0 Å². The third-order valence-electron chi connectivity index (χ3n) is 3.63. The molecule has 0 heterocycles. The molecule has 0 aliphatic carbocycles. The van der Waals surface area contributed by atoms with Crippen LogP contribution >= 0.6 is 0 Å². The topological polar surface area (TPSA) is 111 Å². The zero-order valence-electron chi connectivity index (χ0n) is 14.9. The van der Waals surface area contributed by atoms with Crippen molar-refractivity contribution in [1.29, 1.82) is 0 Å². The molecule has 1 amide bonds. The molecule has 0 unspecified atom stereocenters. The standard InChI is InChI=1S/C18H20N2O6S/c1-19-27(23,24)16-5-3-4-14(10-16)18(22)26-12-17(21)20-11-13-6-8-15(25-2)9-7-13/h3-10,19H,11-12H2,1-2H3,(H,20,21). The van der Waals surface area contributed by atoms with Gasteiger partial charge in [-0.05, 0) is 42.9 Å². The van der Waals surface area contributed by atoms with E-state index < -0.39 is 28.5 Å². The Kier molecular flexibility index (Phi) is 6.91. The predicted octanol–water partition coefficient (Wildman–Crippen LogP) is 1.08. The van der Waals surface area contributed by atoms with Crippen LogP contribution in [0.25, 0.3) is 0 Å². The van der Waals surface area contributed by atoms with Crippen molar-refractivity contribution in [3.63, 3.8) is 0 Å². The average molecular weight is 392 g/mol. The van der Waals surface area contributed by atoms with E-state index in [-0.39, 0.29) is 17.0 Å². The maximum absolute atomic E-state index is 12.0. The fourth-order valence-electron chi connectivity index (χ4n) is 2.12. The van der Waals surface area contributed by atoms with E-state index in [2.05, 4.69) is 10.0 Å². The van der Waals surface area contributed by atoms with E-state index in [0.717, 1.165) is 5.56 Å². The summed E-state index contributed by atoms with van der Waals surface area (Å²) < 4.78 is 35.7. The fourth-order valence-corrected chi connectivity index (χ4v) is 2.89. The third kappa shape index (κ3) is 5.80. The number of hydrogen-bond donors (Lipinski definition) is 2. The second-order valence-electron chi connectivity index (χ2n) is 5.44. The Morgan fingerprint density at radius 3 is 2.41 bits per heavy atom. The molecule has 9 heteroatoms. The molecule has 0 fully saturated rings. The van der Waals surface area contributed by atoms with Gasteiger partial charge in [0, 0.05) is 6.54 Å². The number of hydrogen-bond acceptors (Lipinski definition) is 6. The smallest absolute Gasteiger partial charge is 0.338 e. The average Bonchev–Trinajstić information content (AvgIpc) is 2.70. The second kappa shape index (κ2) is 9.15. The normalized spacial score (nSPS) is 10.9. The molecule has 0 radical (unpaired) electrons. The number of esters is 1. The summed E-state index contributed by atoms with van der Waals surface area (Å²) in [5.74, 6) is -0.553. The number of ether oxygens (including phenoxy) is 2. The minimum Gasteiger partial charge on any atom is -0.497 e. The molecule has 0 aromatic heterocycles. The van der Waals surface area contributed by atoms with Gasteiger partial charge in [-0.25, -0.2) is 17.9 Å². The first-order chi connectivity index (χ1) is 12.9. The first-order valence-corrected chi connectivity index (χ1v) is 9.44. The molecule has 144 valence electrons. The van der Waals surface area contributed by atoms with Crippen molar-refractivity contribution in [2.75, 3.05) is 20.8 Å². The van der Waals surface area contributed by atoms with Gasteiger partial charge in [-0.3, -0.25) is 4.79 Å². The fraction of sp³-hybridized carbons (Fsp3) is 0.222. The highest BCUT2D eigenvalue weighted by molar-refractivity contribution is 7.89. The number of carbonyl (C=O) groups excluding carboxylic acids is 2. The predicted molar refractivity (Wildman–Crippen MR) is 97.8 cm³/mol. The summed E-state index contributed by atoms with van der Waals surface area (Å²) in [7, 11) is -0.840.